The van der Waals surface area contributed by atoms with Crippen LogP contribution in [-0.4, -0.2) is 35.6 Å². The largest absolute Gasteiger partial charge is 0.379 e. The summed E-state index contributed by atoms with van der Waals surface area (Å²) in [6.07, 6.45) is 3.46. The van der Waals surface area contributed by atoms with Crippen LogP contribution in [-0.2, 0) is 4.74 Å². The second-order valence-corrected chi connectivity index (χ2v) is 4.09. The molecule has 8 heteroatoms. The summed E-state index contributed by atoms with van der Waals surface area (Å²) in [6.45, 7) is 4.68. The summed E-state index contributed by atoms with van der Waals surface area (Å²) in [5.41, 5.74) is -0.325. The van der Waals surface area contributed by atoms with Crippen molar-refractivity contribution in [1.29, 1.82) is 0 Å². The molecule has 1 heterocycles. The van der Waals surface area contributed by atoms with Crippen LogP contribution in [0.15, 0.2) is 24.9 Å². The van der Waals surface area contributed by atoms with Gasteiger partial charge in [0.15, 0.2) is 0 Å². The predicted octanol–water partition coefficient (Wildman–Crippen LogP) is 1.97. The summed E-state index contributed by atoms with van der Waals surface area (Å²) in [5.74, 6) is -0.529. The minimum atomic E-state index is -0.640. The van der Waals surface area contributed by atoms with Gasteiger partial charge in [-0.3, -0.25) is 14.9 Å². The molecule has 0 aliphatic rings. The van der Waals surface area contributed by atoms with Gasteiger partial charge in [-0.15, -0.1) is 6.58 Å². The maximum Gasteiger partial charge on any atom is 0.288 e. The van der Waals surface area contributed by atoms with E-state index in [2.05, 4.69) is 16.9 Å². The van der Waals surface area contributed by atoms with E-state index >= 15 is 0 Å². The number of nitrogens with zero attached hydrogens (tertiary/aromatic N) is 2. The van der Waals surface area contributed by atoms with Crippen molar-refractivity contribution < 1.29 is 14.5 Å². The molecule has 1 aromatic rings. The summed E-state index contributed by atoms with van der Waals surface area (Å²) in [4.78, 5) is 25.4. The van der Waals surface area contributed by atoms with Crippen LogP contribution in [0.25, 0.3) is 0 Å². The van der Waals surface area contributed by atoms with Crippen molar-refractivity contribution in [3.8, 4) is 0 Å². The molecule has 0 unspecified atom stereocenters. The Hall–Kier alpha value is -1.99. The zero-order chi connectivity index (χ0) is 15.0. The van der Waals surface area contributed by atoms with Crippen molar-refractivity contribution >= 4 is 23.2 Å². The first-order valence-corrected chi connectivity index (χ1v) is 6.21. The number of aromatic nitrogens is 1. The Morgan fingerprint density at radius 1 is 1.60 bits per heavy atom. The van der Waals surface area contributed by atoms with Gasteiger partial charge in [0.1, 0.15) is 11.3 Å². The highest BCUT2D eigenvalue weighted by atomic mass is 35.5. The monoisotopic (exact) mass is 299 g/mol. The molecule has 0 aromatic carbocycles. The molecule has 0 bridgehead atoms. The first-order chi connectivity index (χ1) is 9.56. The lowest BCUT2D eigenvalue weighted by molar-refractivity contribution is -0.385. The van der Waals surface area contributed by atoms with E-state index < -0.39 is 10.8 Å². The van der Waals surface area contributed by atoms with E-state index in [1.54, 1.807) is 6.08 Å². The number of carbonyl (C=O) groups excluding carboxylic acids is 1. The van der Waals surface area contributed by atoms with E-state index in [0.717, 1.165) is 18.7 Å². The van der Waals surface area contributed by atoms with Crippen LogP contribution >= 0.6 is 11.6 Å². The van der Waals surface area contributed by atoms with Gasteiger partial charge >= 0.3 is 0 Å². The summed E-state index contributed by atoms with van der Waals surface area (Å²) in [7, 11) is 0. The standard InChI is InChI=1S/C12H14ClN3O4/c1-2-3-5-20-6-4-14-12(17)10-7-9(16(18)19)8-15-11(10)13/h2,7-8H,1,3-6H2,(H,14,17). The second kappa shape index (κ2) is 8.23. The van der Waals surface area contributed by atoms with Crippen molar-refractivity contribution in [3.63, 3.8) is 0 Å². The van der Waals surface area contributed by atoms with Gasteiger partial charge in [-0.2, -0.15) is 0 Å². The molecule has 1 N–H and O–H groups in total. The summed E-state index contributed by atoms with van der Waals surface area (Å²) >= 11 is 5.74. The van der Waals surface area contributed by atoms with Crippen LogP contribution in [0.4, 0.5) is 5.69 Å². The summed E-state index contributed by atoms with van der Waals surface area (Å²) < 4.78 is 5.21. The Balaban J connectivity index is 2.52. The van der Waals surface area contributed by atoms with E-state index in [1.165, 1.54) is 0 Å². The Morgan fingerprint density at radius 2 is 2.35 bits per heavy atom. The topological polar surface area (TPSA) is 94.4 Å². The van der Waals surface area contributed by atoms with Gasteiger partial charge in [0.05, 0.1) is 23.7 Å². The number of hydrogen-bond acceptors (Lipinski definition) is 5. The molecule has 0 radical (unpaired) electrons. The van der Waals surface area contributed by atoms with Gasteiger partial charge in [0, 0.05) is 12.6 Å². The first-order valence-electron chi connectivity index (χ1n) is 5.83. The number of nitro groups is 1. The van der Waals surface area contributed by atoms with Crippen LogP contribution in [0.5, 0.6) is 0 Å². The van der Waals surface area contributed by atoms with Crippen molar-refractivity contribution in [2.24, 2.45) is 0 Å². The van der Waals surface area contributed by atoms with Crippen LogP contribution in [0, 0.1) is 10.1 Å². The quantitative estimate of drug-likeness (QED) is 0.260. The van der Waals surface area contributed by atoms with Crippen LogP contribution in [0.1, 0.15) is 16.8 Å². The lowest BCUT2D eigenvalue weighted by Crippen LogP contribution is -2.27. The Morgan fingerprint density at radius 3 is 3.00 bits per heavy atom. The average molecular weight is 300 g/mol. The Labute approximate surface area is 120 Å². The third kappa shape index (κ3) is 4.94. The van der Waals surface area contributed by atoms with E-state index in [4.69, 9.17) is 16.3 Å². The van der Waals surface area contributed by atoms with Gasteiger partial charge < -0.3 is 10.1 Å². The number of rotatable bonds is 8. The van der Waals surface area contributed by atoms with Gasteiger partial charge in [-0.05, 0) is 6.42 Å². The highest BCUT2D eigenvalue weighted by Gasteiger charge is 2.16. The smallest absolute Gasteiger partial charge is 0.288 e. The molecule has 0 spiro atoms. The average Bonchev–Trinajstić information content (AvgIpc) is 2.42. The zero-order valence-corrected chi connectivity index (χ0v) is 11.4. The zero-order valence-electron chi connectivity index (χ0n) is 10.7. The number of ether oxygens (including phenoxy) is 1. The molecule has 7 nitrogen and oxygen atoms in total. The van der Waals surface area contributed by atoms with E-state index in [9.17, 15) is 14.9 Å². The minimum Gasteiger partial charge on any atom is -0.379 e. The number of pyridine rings is 1. The van der Waals surface area contributed by atoms with Gasteiger partial charge in [-0.1, -0.05) is 17.7 Å². The number of hydrogen-bond donors (Lipinski definition) is 1. The predicted molar refractivity (Wildman–Crippen MR) is 73.9 cm³/mol. The fourth-order valence-electron chi connectivity index (χ4n) is 1.30. The molecule has 1 aromatic heterocycles. The van der Waals surface area contributed by atoms with Gasteiger partial charge in [0.25, 0.3) is 11.6 Å². The Kier molecular flexibility index (Phi) is 6.61. The molecular weight excluding hydrogens is 286 g/mol. The molecule has 1 amide bonds. The maximum absolute atomic E-state index is 11.8. The molecule has 20 heavy (non-hydrogen) atoms. The molecule has 108 valence electrons. The van der Waals surface area contributed by atoms with E-state index in [1.807, 2.05) is 0 Å². The highest BCUT2D eigenvalue weighted by molar-refractivity contribution is 6.32. The molecule has 0 saturated heterocycles. The minimum absolute atomic E-state index is 0.0352. The normalized spacial score (nSPS) is 10.1. The second-order valence-electron chi connectivity index (χ2n) is 3.73. The van der Waals surface area contributed by atoms with Gasteiger partial charge in [-0.25, -0.2) is 4.98 Å². The van der Waals surface area contributed by atoms with E-state index in [0.29, 0.717) is 13.2 Å². The van der Waals surface area contributed by atoms with Crippen LogP contribution in [0.3, 0.4) is 0 Å². The molecule has 0 fully saturated rings. The lowest BCUT2D eigenvalue weighted by atomic mass is 10.2. The third-order valence-electron chi connectivity index (χ3n) is 2.28. The number of amides is 1. The molecule has 1 rings (SSSR count). The summed E-state index contributed by atoms with van der Waals surface area (Å²) in [5, 5.41) is 13.1. The number of halogens is 1. The van der Waals surface area contributed by atoms with Crippen molar-refractivity contribution in [1.82, 2.24) is 10.3 Å². The number of nitrogens with one attached hydrogen (secondary N) is 1. The molecule has 0 aliphatic carbocycles. The summed E-state index contributed by atoms with van der Waals surface area (Å²) in [6, 6.07) is 1.09. The molecule has 0 aliphatic heterocycles. The highest BCUT2D eigenvalue weighted by Crippen LogP contribution is 2.18. The SMILES string of the molecule is C=CCCOCCNC(=O)c1cc([N+](=O)[O-])cnc1Cl. The Bertz CT molecular complexity index is 507. The third-order valence-corrected chi connectivity index (χ3v) is 2.58. The van der Waals surface area contributed by atoms with Crippen molar-refractivity contribution in [2.45, 2.75) is 6.42 Å². The van der Waals surface area contributed by atoms with E-state index in [-0.39, 0.29) is 22.9 Å². The fraction of sp³-hybridized carbons (Fsp3) is 0.333. The molecule has 0 atom stereocenters. The lowest BCUT2D eigenvalue weighted by Gasteiger charge is -2.06. The van der Waals surface area contributed by atoms with Crippen molar-refractivity contribution in [3.05, 3.63) is 45.7 Å². The molecule has 0 saturated carbocycles. The first kappa shape index (κ1) is 16.1. The van der Waals surface area contributed by atoms with Crippen LogP contribution < -0.4 is 5.32 Å². The maximum atomic E-state index is 11.8. The van der Waals surface area contributed by atoms with Gasteiger partial charge in [0.2, 0.25) is 0 Å². The number of carbonyl (C=O) groups is 1. The molecular formula is C12H14ClN3O4. The van der Waals surface area contributed by atoms with Crippen LogP contribution in [0.2, 0.25) is 5.15 Å². The van der Waals surface area contributed by atoms with Crippen molar-refractivity contribution in [2.75, 3.05) is 19.8 Å². The fourth-order valence-corrected chi connectivity index (χ4v) is 1.49.